The summed E-state index contributed by atoms with van der Waals surface area (Å²) in [6.07, 6.45) is 4.88. The number of rotatable bonds is 4. The van der Waals surface area contributed by atoms with Crippen molar-refractivity contribution in [2.24, 2.45) is 0 Å². The van der Waals surface area contributed by atoms with Gasteiger partial charge in [-0.05, 0) is 48.0 Å². The van der Waals surface area contributed by atoms with Crippen LogP contribution in [0.3, 0.4) is 0 Å². The normalized spacial score (nSPS) is 11.0. The van der Waals surface area contributed by atoms with Gasteiger partial charge < -0.3 is 4.74 Å². The molecule has 0 spiro atoms. The summed E-state index contributed by atoms with van der Waals surface area (Å²) in [7, 11) is 0. The summed E-state index contributed by atoms with van der Waals surface area (Å²) in [5, 5.41) is 0. The van der Waals surface area contributed by atoms with Crippen molar-refractivity contribution < 1.29 is 9.53 Å². The first-order chi connectivity index (χ1) is 13.3. The van der Waals surface area contributed by atoms with Crippen molar-refractivity contribution in [1.29, 1.82) is 0 Å². The maximum absolute atomic E-state index is 12.0. The summed E-state index contributed by atoms with van der Waals surface area (Å²) in [5.74, 6) is 0.0623. The molecule has 4 rings (SSSR count). The van der Waals surface area contributed by atoms with Crippen molar-refractivity contribution in [2.45, 2.75) is 0 Å². The highest BCUT2D eigenvalue weighted by Crippen LogP contribution is 2.22. The van der Waals surface area contributed by atoms with E-state index in [1.165, 1.54) is 6.08 Å². The molecule has 0 atom stereocenters. The lowest BCUT2D eigenvalue weighted by Crippen LogP contribution is -2.03. The van der Waals surface area contributed by atoms with E-state index in [1.54, 1.807) is 24.4 Å². The van der Waals surface area contributed by atoms with Crippen molar-refractivity contribution in [2.75, 3.05) is 0 Å². The fraction of sp³-hybridized carbons (Fsp3) is 0. The molecule has 0 fully saturated rings. The lowest BCUT2D eigenvalue weighted by Gasteiger charge is -2.05. The number of ether oxygens (including phenoxy) is 1. The molecular formula is C23H16N2O2. The van der Waals surface area contributed by atoms with Crippen molar-refractivity contribution in [3.8, 4) is 17.0 Å². The number of carbonyl (C=O) groups excluding carboxylic acids is 1. The van der Waals surface area contributed by atoms with Gasteiger partial charge in [-0.1, -0.05) is 42.5 Å². The van der Waals surface area contributed by atoms with Crippen molar-refractivity contribution in [3.05, 3.63) is 96.7 Å². The third-order valence-corrected chi connectivity index (χ3v) is 4.03. The van der Waals surface area contributed by atoms with Gasteiger partial charge in [0.1, 0.15) is 5.75 Å². The highest BCUT2D eigenvalue weighted by molar-refractivity contribution is 5.88. The smallest absolute Gasteiger partial charge is 0.336 e. The molecular weight excluding hydrogens is 336 g/mol. The van der Waals surface area contributed by atoms with Gasteiger partial charge in [0.25, 0.3) is 0 Å². The second kappa shape index (κ2) is 7.62. The second-order valence-electron chi connectivity index (χ2n) is 5.93. The maximum atomic E-state index is 12.0. The molecule has 1 heterocycles. The van der Waals surface area contributed by atoms with Gasteiger partial charge in [0.05, 0.1) is 22.9 Å². The lowest BCUT2D eigenvalue weighted by molar-refractivity contribution is -0.128. The first-order valence-corrected chi connectivity index (χ1v) is 8.55. The average molecular weight is 352 g/mol. The van der Waals surface area contributed by atoms with Gasteiger partial charge >= 0.3 is 5.97 Å². The predicted octanol–water partition coefficient (Wildman–Crippen LogP) is 4.92. The molecule has 0 aliphatic rings. The highest BCUT2D eigenvalue weighted by Gasteiger charge is 2.05. The van der Waals surface area contributed by atoms with E-state index >= 15 is 0 Å². The van der Waals surface area contributed by atoms with Crippen LogP contribution in [0.25, 0.3) is 28.4 Å². The monoisotopic (exact) mass is 352 g/mol. The summed E-state index contributed by atoms with van der Waals surface area (Å²) >= 11 is 0. The van der Waals surface area contributed by atoms with E-state index in [9.17, 15) is 4.79 Å². The standard InChI is InChI=1S/C23H16N2O2/c26-23(15-10-17-6-2-1-3-7-17)27-19-13-11-18(12-14-19)22-16-24-20-8-4-5-9-21(20)25-22/h1-16H/b15-10+. The van der Waals surface area contributed by atoms with Gasteiger partial charge in [0, 0.05) is 11.6 Å². The molecule has 0 bridgehead atoms. The van der Waals surface area contributed by atoms with Crippen LogP contribution in [-0.2, 0) is 4.79 Å². The van der Waals surface area contributed by atoms with Crippen LogP contribution in [0, 0.1) is 0 Å². The number of hydrogen-bond donors (Lipinski definition) is 0. The highest BCUT2D eigenvalue weighted by atomic mass is 16.5. The summed E-state index contributed by atoms with van der Waals surface area (Å²) in [5.41, 5.74) is 4.33. The van der Waals surface area contributed by atoms with E-state index in [0.717, 1.165) is 27.9 Å². The van der Waals surface area contributed by atoms with Crippen molar-refractivity contribution >= 4 is 23.1 Å². The minimum absolute atomic E-state index is 0.419. The van der Waals surface area contributed by atoms with Crippen LogP contribution in [0.4, 0.5) is 0 Å². The molecule has 0 saturated carbocycles. The Morgan fingerprint density at radius 1 is 0.815 bits per heavy atom. The minimum atomic E-state index is -0.419. The number of benzene rings is 3. The molecule has 27 heavy (non-hydrogen) atoms. The van der Waals surface area contributed by atoms with Gasteiger partial charge in [0.2, 0.25) is 0 Å². The molecule has 0 amide bonds. The molecule has 0 radical (unpaired) electrons. The molecule has 1 aromatic heterocycles. The molecule has 4 aromatic rings. The van der Waals surface area contributed by atoms with Gasteiger partial charge in [-0.25, -0.2) is 9.78 Å². The summed E-state index contributed by atoms with van der Waals surface area (Å²) < 4.78 is 5.34. The number of para-hydroxylation sites is 2. The third-order valence-electron chi connectivity index (χ3n) is 4.03. The quantitative estimate of drug-likeness (QED) is 0.297. The Hall–Kier alpha value is -3.79. The predicted molar refractivity (Wildman–Crippen MR) is 106 cm³/mol. The van der Waals surface area contributed by atoms with Crippen molar-refractivity contribution in [3.63, 3.8) is 0 Å². The number of aromatic nitrogens is 2. The molecule has 4 heteroatoms. The van der Waals surface area contributed by atoms with Crippen molar-refractivity contribution in [1.82, 2.24) is 9.97 Å². The Balaban J connectivity index is 1.46. The molecule has 0 aliphatic carbocycles. The van der Waals surface area contributed by atoms with E-state index in [-0.39, 0.29) is 0 Å². The summed E-state index contributed by atoms with van der Waals surface area (Å²) in [6.45, 7) is 0. The fourth-order valence-corrected chi connectivity index (χ4v) is 2.67. The topological polar surface area (TPSA) is 52.1 Å². The zero-order chi connectivity index (χ0) is 18.5. The fourth-order valence-electron chi connectivity index (χ4n) is 2.67. The zero-order valence-corrected chi connectivity index (χ0v) is 14.4. The van der Waals surface area contributed by atoms with Crippen LogP contribution in [0.2, 0.25) is 0 Å². The maximum Gasteiger partial charge on any atom is 0.336 e. The molecule has 0 saturated heterocycles. The van der Waals surface area contributed by atoms with Gasteiger partial charge in [-0.2, -0.15) is 0 Å². The molecule has 130 valence electrons. The molecule has 0 aliphatic heterocycles. The number of carbonyl (C=O) groups is 1. The van der Waals surface area contributed by atoms with Crippen LogP contribution in [-0.4, -0.2) is 15.9 Å². The van der Waals surface area contributed by atoms with Crippen LogP contribution in [0.15, 0.2) is 91.1 Å². The van der Waals surface area contributed by atoms with E-state index in [0.29, 0.717) is 5.75 Å². The molecule has 4 nitrogen and oxygen atoms in total. The van der Waals surface area contributed by atoms with Crippen LogP contribution < -0.4 is 4.74 Å². The first kappa shape index (κ1) is 16.7. The average Bonchev–Trinajstić information content (AvgIpc) is 2.73. The minimum Gasteiger partial charge on any atom is -0.423 e. The Bertz CT molecular complexity index is 1100. The Kier molecular flexibility index (Phi) is 4.70. The van der Waals surface area contributed by atoms with E-state index < -0.39 is 5.97 Å². The first-order valence-electron chi connectivity index (χ1n) is 8.55. The van der Waals surface area contributed by atoms with E-state index in [4.69, 9.17) is 4.74 Å². The second-order valence-corrected chi connectivity index (χ2v) is 5.93. The van der Waals surface area contributed by atoms with Gasteiger partial charge in [0.15, 0.2) is 0 Å². The Morgan fingerprint density at radius 2 is 1.52 bits per heavy atom. The number of esters is 1. The Labute approximate surface area is 156 Å². The van der Waals surface area contributed by atoms with Crippen LogP contribution in [0.5, 0.6) is 5.75 Å². The van der Waals surface area contributed by atoms with Gasteiger partial charge in [-0.15, -0.1) is 0 Å². The van der Waals surface area contributed by atoms with Gasteiger partial charge in [-0.3, -0.25) is 4.98 Å². The van der Waals surface area contributed by atoms with Crippen LogP contribution in [0.1, 0.15) is 5.56 Å². The number of fused-ring (bicyclic) bond motifs is 1. The lowest BCUT2D eigenvalue weighted by atomic mass is 10.1. The Morgan fingerprint density at radius 3 is 2.30 bits per heavy atom. The van der Waals surface area contributed by atoms with Crippen LogP contribution >= 0.6 is 0 Å². The number of hydrogen-bond acceptors (Lipinski definition) is 4. The summed E-state index contributed by atoms with van der Waals surface area (Å²) in [4.78, 5) is 21.0. The SMILES string of the molecule is O=C(/C=C/c1ccccc1)Oc1ccc(-c2cnc3ccccc3n2)cc1. The summed E-state index contributed by atoms with van der Waals surface area (Å²) in [6, 6.07) is 24.6. The number of nitrogens with zero attached hydrogens (tertiary/aromatic N) is 2. The van der Waals surface area contributed by atoms with E-state index in [2.05, 4.69) is 9.97 Å². The van der Waals surface area contributed by atoms with E-state index in [1.807, 2.05) is 66.7 Å². The molecule has 3 aromatic carbocycles. The molecule has 0 N–H and O–H groups in total. The largest absolute Gasteiger partial charge is 0.423 e. The third kappa shape index (κ3) is 4.07. The molecule has 0 unspecified atom stereocenters. The zero-order valence-electron chi connectivity index (χ0n) is 14.4.